The Morgan fingerprint density at radius 1 is 1.67 bits per heavy atom. The van der Waals surface area contributed by atoms with Gasteiger partial charge in [-0.05, 0) is 19.4 Å². The first-order chi connectivity index (χ1) is 6.99. The lowest BCUT2D eigenvalue weighted by Gasteiger charge is -2.23. The number of fused-ring (bicyclic) bond motifs is 1. The Kier molecular flexibility index (Phi) is 2.11. The number of rotatable bonds is 2. The molecule has 2 fully saturated rings. The maximum atomic E-state index is 11.3. The third-order valence-electron chi connectivity index (χ3n) is 2.40. The summed E-state index contributed by atoms with van der Waals surface area (Å²) in [5.74, 6) is -1.32. The van der Waals surface area contributed by atoms with E-state index in [0.29, 0.717) is 0 Å². The van der Waals surface area contributed by atoms with Crippen molar-refractivity contribution in [1.82, 2.24) is 0 Å². The van der Waals surface area contributed by atoms with Crippen LogP contribution in [0, 0.1) is 0 Å². The molecule has 0 aliphatic carbocycles. The second-order valence-electron chi connectivity index (χ2n) is 4.06. The second-order valence-corrected chi connectivity index (χ2v) is 4.06. The molecule has 7 heteroatoms. The molecule has 0 aromatic carbocycles. The molecule has 2 rings (SSSR count). The topological polar surface area (TPSA) is 93.5 Å². The van der Waals surface area contributed by atoms with E-state index < -0.39 is 23.5 Å². The van der Waals surface area contributed by atoms with E-state index in [0.717, 1.165) is 0 Å². The van der Waals surface area contributed by atoms with Gasteiger partial charge in [0.15, 0.2) is 11.9 Å². The quantitative estimate of drug-likeness (QED) is 0.292. The van der Waals surface area contributed by atoms with Gasteiger partial charge in [-0.25, -0.2) is 4.79 Å². The summed E-state index contributed by atoms with van der Waals surface area (Å²) in [5, 5.41) is 3.43. The molecule has 0 unspecified atom stereocenters. The predicted molar refractivity (Wildman–Crippen MR) is 47.7 cm³/mol. The molecule has 0 bridgehead atoms. The van der Waals surface area contributed by atoms with Gasteiger partial charge in [0.1, 0.15) is 12.2 Å². The van der Waals surface area contributed by atoms with Crippen molar-refractivity contribution in [1.29, 1.82) is 0 Å². The Morgan fingerprint density at radius 3 is 3.07 bits per heavy atom. The van der Waals surface area contributed by atoms with Crippen molar-refractivity contribution in [3.05, 3.63) is 10.4 Å². The van der Waals surface area contributed by atoms with Crippen LogP contribution in [0.4, 0.5) is 0 Å². The van der Waals surface area contributed by atoms with Gasteiger partial charge in [0.05, 0.1) is 6.54 Å². The van der Waals surface area contributed by atoms with Crippen LogP contribution in [-0.2, 0) is 19.0 Å². The number of carbonyl (C=O) groups is 1. The molecule has 15 heavy (non-hydrogen) atoms. The highest BCUT2D eigenvalue weighted by Crippen LogP contribution is 2.41. The summed E-state index contributed by atoms with van der Waals surface area (Å²) in [6.07, 6.45) is -0.794. The van der Waals surface area contributed by atoms with Gasteiger partial charge in [0.2, 0.25) is 0 Å². The highest BCUT2D eigenvalue weighted by Gasteiger charge is 2.61. The third kappa shape index (κ3) is 1.54. The molecule has 0 amide bonds. The normalized spacial score (nSPS) is 36.9. The molecule has 0 aromatic rings. The number of ether oxygens (including phenoxy) is 3. The fourth-order valence-electron chi connectivity index (χ4n) is 1.91. The van der Waals surface area contributed by atoms with Crippen molar-refractivity contribution >= 4 is 5.97 Å². The number of carbonyl (C=O) groups excluding carboxylic acids is 1. The van der Waals surface area contributed by atoms with Crippen molar-refractivity contribution in [2.75, 3.05) is 13.2 Å². The molecule has 0 radical (unpaired) electrons. The lowest BCUT2D eigenvalue weighted by molar-refractivity contribution is -0.188. The van der Waals surface area contributed by atoms with Gasteiger partial charge >= 0.3 is 5.97 Å². The summed E-state index contributed by atoms with van der Waals surface area (Å²) in [4.78, 5) is 14.0. The Bertz CT molecular complexity index is 350. The van der Waals surface area contributed by atoms with Crippen molar-refractivity contribution in [2.24, 2.45) is 5.11 Å². The number of hydrogen-bond acceptors (Lipinski definition) is 5. The first-order valence-electron chi connectivity index (χ1n) is 4.55. The molecule has 2 saturated heterocycles. The van der Waals surface area contributed by atoms with Crippen molar-refractivity contribution in [2.45, 2.75) is 31.3 Å². The van der Waals surface area contributed by atoms with Crippen molar-refractivity contribution in [3.63, 3.8) is 0 Å². The van der Waals surface area contributed by atoms with Gasteiger partial charge in [0.25, 0.3) is 0 Å². The van der Waals surface area contributed by atoms with E-state index in [1.807, 2.05) is 0 Å². The van der Waals surface area contributed by atoms with Crippen LogP contribution < -0.4 is 0 Å². The molecule has 2 aliphatic rings. The Balaban J connectivity index is 2.27. The van der Waals surface area contributed by atoms with Gasteiger partial charge in [0, 0.05) is 4.91 Å². The van der Waals surface area contributed by atoms with Crippen LogP contribution in [0.5, 0.6) is 0 Å². The largest absolute Gasteiger partial charge is 0.460 e. The minimum atomic E-state index is -0.952. The van der Waals surface area contributed by atoms with Crippen LogP contribution in [0.25, 0.3) is 10.4 Å². The fraction of sp³-hybridized carbons (Fsp3) is 0.875. The van der Waals surface area contributed by atoms with E-state index >= 15 is 0 Å². The number of hydrogen-bond donors (Lipinski definition) is 0. The SMILES string of the molecule is CC1(C)O[C@@H]2C(=O)OC[C@]2(CN=[N+]=[N-])O1. The first-order valence-corrected chi connectivity index (χ1v) is 4.55. The number of azide groups is 1. The van der Waals surface area contributed by atoms with E-state index in [1.165, 1.54) is 0 Å². The van der Waals surface area contributed by atoms with Crippen LogP contribution in [0.2, 0.25) is 0 Å². The van der Waals surface area contributed by atoms with Crippen molar-refractivity contribution in [3.8, 4) is 0 Å². The van der Waals surface area contributed by atoms with Gasteiger partial charge in [-0.1, -0.05) is 5.11 Å². The summed E-state index contributed by atoms with van der Waals surface area (Å²) >= 11 is 0. The standard InChI is InChI=1S/C8H11N3O4/c1-7(2)14-5-6(12)13-4-8(5,15-7)3-10-11-9/h5H,3-4H2,1-2H3/t5-,8+/m1/s1. The maximum Gasteiger partial charge on any atom is 0.338 e. The molecule has 82 valence electrons. The smallest absolute Gasteiger partial charge is 0.338 e. The molecule has 7 nitrogen and oxygen atoms in total. The van der Waals surface area contributed by atoms with E-state index in [9.17, 15) is 4.79 Å². The average molecular weight is 213 g/mol. The molecule has 0 N–H and O–H groups in total. The fourth-order valence-corrected chi connectivity index (χ4v) is 1.91. The van der Waals surface area contributed by atoms with E-state index in [-0.39, 0.29) is 13.2 Å². The first kappa shape index (κ1) is 10.2. The number of nitrogens with zero attached hydrogens (tertiary/aromatic N) is 3. The minimum Gasteiger partial charge on any atom is -0.460 e. The van der Waals surface area contributed by atoms with Crippen LogP contribution in [0.15, 0.2) is 5.11 Å². The summed E-state index contributed by atoms with van der Waals surface area (Å²) in [6, 6.07) is 0. The zero-order chi connectivity index (χ0) is 11.1. The minimum absolute atomic E-state index is 0.0311. The Morgan fingerprint density at radius 2 is 2.40 bits per heavy atom. The van der Waals surface area contributed by atoms with E-state index in [4.69, 9.17) is 19.7 Å². The summed E-state index contributed by atoms with van der Waals surface area (Å²) in [5.41, 5.74) is 7.32. The van der Waals surface area contributed by atoms with Gasteiger partial charge < -0.3 is 14.2 Å². The summed E-state index contributed by atoms with van der Waals surface area (Å²) in [7, 11) is 0. The van der Waals surface area contributed by atoms with Crippen molar-refractivity contribution < 1.29 is 19.0 Å². The zero-order valence-corrected chi connectivity index (χ0v) is 8.47. The molecule has 0 spiro atoms. The molecule has 0 saturated carbocycles. The number of esters is 1. The molecule has 2 atom stereocenters. The summed E-state index contributed by atoms with van der Waals surface area (Å²) in [6.45, 7) is 3.51. The zero-order valence-electron chi connectivity index (χ0n) is 8.47. The Hall–Kier alpha value is -1.30. The maximum absolute atomic E-state index is 11.3. The summed E-state index contributed by atoms with van der Waals surface area (Å²) < 4.78 is 15.8. The predicted octanol–water partition coefficient (Wildman–Crippen LogP) is 0.744. The van der Waals surface area contributed by atoms with Crippen LogP contribution >= 0.6 is 0 Å². The Labute approximate surface area is 85.9 Å². The average Bonchev–Trinajstić information content (AvgIpc) is 2.58. The van der Waals surface area contributed by atoms with Gasteiger partial charge in [-0.3, -0.25) is 0 Å². The van der Waals surface area contributed by atoms with Crippen LogP contribution in [0.3, 0.4) is 0 Å². The molecular weight excluding hydrogens is 202 g/mol. The van der Waals surface area contributed by atoms with E-state index in [2.05, 4.69) is 10.0 Å². The second kappa shape index (κ2) is 3.10. The monoisotopic (exact) mass is 213 g/mol. The lowest BCUT2D eigenvalue weighted by atomic mass is 10.0. The molecule has 0 aromatic heterocycles. The highest BCUT2D eigenvalue weighted by atomic mass is 16.8. The highest BCUT2D eigenvalue weighted by molar-refractivity contribution is 5.79. The molecule has 2 aliphatic heterocycles. The van der Waals surface area contributed by atoms with Crippen LogP contribution in [-0.4, -0.2) is 36.6 Å². The lowest BCUT2D eigenvalue weighted by Crippen LogP contribution is -2.43. The van der Waals surface area contributed by atoms with Crippen LogP contribution in [0.1, 0.15) is 13.8 Å². The molecular formula is C8H11N3O4. The van der Waals surface area contributed by atoms with E-state index in [1.54, 1.807) is 13.8 Å². The van der Waals surface area contributed by atoms with Gasteiger partial charge in [-0.15, -0.1) is 0 Å². The number of cyclic esters (lactones) is 1. The third-order valence-corrected chi connectivity index (χ3v) is 2.40. The van der Waals surface area contributed by atoms with Gasteiger partial charge in [-0.2, -0.15) is 0 Å². The molecule has 2 heterocycles.